The van der Waals surface area contributed by atoms with E-state index in [1.807, 2.05) is 6.92 Å². The molecule has 0 aromatic rings. The zero-order valence-corrected chi connectivity index (χ0v) is 13.0. The molecule has 0 amide bonds. The normalized spacial score (nSPS) is 21.4. The molecule has 0 saturated heterocycles. The second kappa shape index (κ2) is 8.07. The second-order valence-electron chi connectivity index (χ2n) is 5.87. The van der Waals surface area contributed by atoms with Gasteiger partial charge in [-0.1, -0.05) is 26.7 Å². The van der Waals surface area contributed by atoms with Gasteiger partial charge in [0.15, 0.2) is 0 Å². The molecule has 1 N–H and O–H groups in total. The molecule has 0 spiro atoms. The van der Waals surface area contributed by atoms with E-state index in [0.29, 0.717) is 5.25 Å². The maximum Gasteiger partial charge on any atom is 0.104 e. The van der Waals surface area contributed by atoms with E-state index in [1.54, 1.807) is 0 Å². The van der Waals surface area contributed by atoms with E-state index in [2.05, 4.69) is 37.0 Å². The van der Waals surface area contributed by atoms with E-state index in [-0.39, 0.29) is 5.54 Å². The molecule has 0 radical (unpaired) electrons. The molecule has 104 valence electrons. The lowest BCUT2D eigenvalue weighted by atomic mass is 9.98. The van der Waals surface area contributed by atoms with E-state index in [0.717, 1.165) is 25.3 Å². The van der Waals surface area contributed by atoms with E-state index >= 15 is 0 Å². The summed E-state index contributed by atoms with van der Waals surface area (Å²) in [6.07, 6.45) is 7.72. The summed E-state index contributed by atoms with van der Waals surface area (Å²) in [6.45, 7) is 7.38. The first-order chi connectivity index (χ1) is 8.59. The Morgan fingerprint density at radius 1 is 1.44 bits per heavy atom. The number of hydrogen-bond acceptors (Lipinski definition) is 3. The molecule has 18 heavy (non-hydrogen) atoms. The smallest absolute Gasteiger partial charge is 0.104 e. The Kier molecular flexibility index (Phi) is 7.11. The van der Waals surface area contributed by atoms with Crippen LogP contribution in [-0.2, 0) is 0 Å². The lowest BCUT2D eigenvalue weighted by molar-refractivity contribution is 0.418. The van der Waals surface area contributed by atoms with Crippen LogP contribution in [0.1, 0.15) is 59.3 Å². The summed E-state index contributed by atoms with van der Waals surface area (Å²) in [4.78, 5) is 0. The number of nitriles is 1. The Labute approximate surface area is 117 Å². The predicted octanol–water partition coefficient (Wildman–Crippen LogP) is 3.97. The maximum atomic E-state index is 9.32. The fourth-order valence-corrected chi connectivity index (χ4v) is 4.05. The lowest BCUT2D eigenvalue weighted by Crippen LogP contribution is -2.43. The highest BCUT2D eigenvalue weighted by atomic mass is 32.2. The Morgan fingerprint density at radius 2 is 2.11 bits per heavy atom. The van der Waals surface area contributed by atoms with Gasteiger partial charge >= 0.3 is 0 Å². The van der Waals surface area contributed by atoms with E-state index in [1.165, 1.54) is 31.4 Å². The zero-order valence-electron chi connectivity index (χ0n) is 12.2. The first-order valence-corrected chi connectivity index (χ1v) is 8.42. The molecule has 0 heterocycles. The van der Waals surface area contributed by atoms with Crippen molar-refractivity contribution in [1.29, 1.82) is 5.26 Å². The van der Waals surface area contributed by atoms with Crippen molar-refractivity contribution in [2.75, 3.05) is 12.3 Å². The third-order valence-corrected chi connectivity index (χ3v) is 5.20. The molecular weight excluding hydrogens is 240 g/mol. The van der Waals surface area contributed by atoms with Gasteiger partial charge in [0, 0.05) is 5.25 Å². The van der Waals surface area contributed by atoms with Crippen molar-refractivity contribution in [2.24, 2.45) is 5.92 Å². The molecule has 1 fully saturated rings. The molecule has 1 saturated carbocycles. The second-order valence-corrected chi connectivity index (χ2v) is 7.34. The van der Waals surface area contributed by atoms with Crippen LogP contribution in [0.5, 0.6) is 0 Å². The van der Waals surface area contributed by atoms with Gasteiger partial charge < -0.3 is 0 Å². The molecule has 2 atom stereocenters. The molecule has 0 bridgehead atoms. The Bertz CT molecular complexity index is 268. The average Bonchev–Trinajstić information content (AvgIpc) is 2.87. The van der Waals surface area contributed by atoms with Gasteiger partial charge in [0.1, 0.15) is 5.54 Å². The molecule has 0 aromatic carbocycles. The number of nitrogens with one attached hydrogen (secondary N) is 1. The van der Waals surface area contributed by atoms with Crippen molar-refractivity contribution in [3.8, 4) is 6.07 Å². The van der Waals surface area contributed by atoms with Crippen LogP contribution in [-0.4, -0.2) is 23.1 Å². The summed E-state index contributed by atoms with van der Waals surface area (Å²) in [6, 6.07) is 2.45. The summed E-state index contributed by atoms with van der Waals surface area (Å²) in [5.41, 5.74) is -0.349. The van der Waals surface area contributed by atoms with Crippen molar-refractivity contribution in [3.63, 3.8) is 0 Å². The summed E-state index contributed by atoms with van der Waals surface area (Å²) in [5, 5.41) is 13.3. The molecular formula is C15H28N2S. The van der Waals surface area contributed by atoms with Gasteiger partial charge in [0.2, 0.25) is 0 Å². The SMILES string of the molecule is CCCNC(C)(C#N)CC(C)SCC1CCCC1. The van der Waals surface area contributed by atoms with E-state index < -0.39 is 0 Å². The van der Waals surface area contributed by atoms with Crippen LogP contribution in [0, 0.1) is 17.2 Å². The Hall–Kier alpha value is -0.200. The van der Waals surface area contributed by atoms with Gasteiger partial charge in [0.05, 0.1) is 6.07 Å². The third kappa shape index (κ3) is 5.63. The fourth-order valence-electron chi connectivity index (χ4n) is 2.67. The highest BCUT2D eigenvalue weighted by molar-refractivity contribution is 7.99. The monoisotopic (exact) mass is 268 g/mol. The van der Waals surface area contributed by atoms with Gasteiger partial charge in [-0.15, -0.1) is 0 Å². The topological polar surface area (TPSA) is 35.8 Å². The molecule has 2 nitrogen and oxygen atoms in total. The molecule has 1 rings (SSSR count). The first kappa shape index (κ1) is 15.9. The van der Waals surface area contributed by atoms with Crippen LogP contribution in [0.4, 0.5) is 0 Å². The molecule has 0 aliphatic heterocycles. The molecule has 1 aliphatic carbocycles. The summed E-state index contributed by atoms with van der Waals surface area (Å²) in [7, 11) is 0. The van der Waals surface area contributed by atoms with Gasteiger partial charge in [0.25, 0.3) is 0 Å². The number of thioether (sulfide) groups is 1. The highest BCUT2D eigenvalue weighted by Gasteiger charge is 2.26. The predicted molar refractivity (Wildman–Crippen MR) is 80.8 cm³/mol. The van der Waals surface area contributed by atoms with Crippen LogP contribution in [0.25, 0.3) is 0 Å². The van der Waals surface area contributed by atoms with E-state index in [9.17, 15) is 5.26 Å². The van der Waals surface area contributed by atoms with Gasteiger partial charge in [-0.2, -0.15) is 17.0 Å². The molecule has 3 heteroatoms. The van der Waals surface area contributed by atoms with Crippen molar-refractivity contribution in [1.82, 2.24) is 5.32 Å². The minimum Gasteiger partial charge on any atom is -0.300 e. The van der Waals surface area contributed by atoms with Crippen LogP contribution in [0.3, 0.4) is 0 Å². The lowest BCUT2D eigenvalue weighted by Gasteiger charge is -2.26. The number of rotatable bonds is 8. The third-order valence-electron chi connectivity index (χ3n) is 3.80. The fraction of sp³-hybridized carbons (Fsp3) is 0.933. The molecule has 2 unspecified atom stereocenters. The summed E-state index contributed by atoms with van der Waals surface area (Å²) < 4.78 is 0. The van der Waals surface area contributed by atoms with Crippen molar-refractivity contribution < 1.29 is 0 Å². The molecule has 1 aliphatic rings. The maximum absolute atomic E-state index is 9.32. The highest BCUT2D eigenvalue weighted by Crippen LogP contribution is 2.31. The number of nitrogens with zero attached hydrogens (tertiary/aromatic N) is 1. The number of hydrogen-bond donors (Lipinski definition) is 1. The van der Waals surface area contributed by atoms with Crippen LogP contribution in [0.15, 0.2) is 0 Å². The van der Waals surface area contributed by atoms with Gasteiger partial charge in [-0.3, -0.25) is 5.32 Å². The summed E-state index contributed by atoms with van der Waals surface area (Å²) in [5.74, 6) is 2.23. The van der Waals surface area contributed by atoms with Gasteiger partial charge in [-0.25, -0.2) is 0 Å². The van der Waals surface area contributed by atoms with Crippen LogP contribution >= 0.6 is 11.8 Å². The van der Waals surface area contributed by atoms with E-state index in [4.69, 9.17) is 0 Å². The average molecular weight is 268 g/mol. The Morgan fingerprint density at radius 3 is 2.67 bits per heavy atom. The van der Waals surface area contributed by atoms with Crippen molar-refractivity contribution in [3.05, 3.63) is 0 Å². The Balaban J connectivity index is 2.27. The van der Waals surface area contributed by atoms with Crippen LogP contribution in [0.2, 0.25) is 0 Å². The first-order valence-electron chi connectivity index (χ1n) is 7.37. The van der Waals surface area contributed by atoms with Gasteiger partial charge in [-0.05, 0) is 50.8 Å². The summed E-state index contributed by atoms with van der Waals surface area (Å²) >= 11 is 2.06. The molecule has 0 aromatic heterocycles. The minimum atomic E-state index is -0.349. The largest absolute Gasteiger partial charge is 0.300 e. The van der Waals surface area contributed by atoms with Crippen LogP contribution < -0.4 is 5.32 Å². The van der Waals surface area contributed by atoms with Crippen molar-refractivity contribution in [2.45, 2.75) is 70.1 Å². The quantitative estimate of drug-likeness (QED) is 0.723. The standard InChI is InChI=1S/C15H28N2S/c1-4-9-17-15(3,12-16)10-13(2)18-11-14-7-5-6-8-14/h13-14,17H,4-11H2,1-3H3. The zero-order chi connectivity index (χ0) is 13.4. The van der Waals surface area contributed by atoms with Crippen molar-refractivity contribution >= 4 is 11.8 Å². The minimum absolute atomic E-state index is 0.349.